The summed E-state index contributed by atoms with van der Waals surface area (Å²) in [6, 6.07) is 12.5. The number of benzene rings is 2. The number of hydrogen-bond donors (Lipinski definition) is 2. The molecule has 0 atom stereocenters. The minimum atomic E-state index is -3.32. The molecule has 0 aliphatic rings. The van der Waals surface area contributed by atoms with E-state index in [9.17, 15) is 17.6 Å². The SMILES string of the molecule is CS(=O)(=O)Nc1ccc(NC(=O)CSCc2ccc(F)cc2)cc1. The van der Waals surface area contributed by atoms with E-state index < -0.39 is 10.0 Å². The smallest absolute Gasteiger partial charge is 0.234 e. The van der Waals surface area contributed by atoms with Gasteiger partial charge >= 0.3 is 0 Å². The zero-order chi connectivity index (χ0) is 17.6. The molecule has 0 aromatic heterocycles. The molecule has 0 spiro atoms. The fourth-order valence-corrected chi connectivity index (χ4v) is 3.23. The van der Waals surface area contributed by atoms with Crippen LogP contribution in [0.25, 0.3) is 0 Å². The molecule has 8 heteroatoms. The first-order chi connectivity index (χ1) is 11.3. The van der Waals surface area contributed by atoms with Crippen LogP contribution in [0.2, 0.25) is 0 Å². The number of nitrogens with one attached hydrogen (secondary N) is 2. The van der Waals surface area contributed by atoms with Crippen molar-refractivity contribution in [3.8, 4) is 0 Å². The lowest BCUT2D eigenvalue weighted by Gasteiger charge is -2.07. The van der Waals surface area contributed by atoms with Gasteiger partial charge in [-0.3, -0.25) is 9.52 Å². The number of halogens is 1. The van der Waals surface area contributed by atoms with Gasteiger partial charge in [-0.1, -0.05) is 12.1 Å². The summed E-state index contributed by atoms with van der Waals surface area (Å²) in [6.45, 7) is 0. The first-order valence-electron chi connectivity index (χ1n) is 7.02. The van der Waals surface area contributed by atoms with Crippen LogP contribution in [0.3, 0.4) is 0 Å². The van der Waals surface area contributed by atoms with Gasteiger partial charge in [-0.15, -0.1) is 11.8 Å². The molecule has 0 aliphatic carbocycles. The molecule has 1 amide bonds. The van der Waals surface area contributed by atoms with Crippen LogP contribution in [-0.2, 0) is 20.6 Å². The highest BCUT2D eigenvalue weighted by Crippen LogP contribution is 2.16. The summed E-state index contributed by atoms with van der Waals surface area (Å²) < 4.78 is 37.4. The molecular weight excluding hydrogens is 351 g/mol. The van der Waals surface area contributed by atoms with Crippen LogP contribution in [0, 0.1) is 5.82 Å². The Morgan fingerprint density at radius 2 is 1.62 bits per heavy atom. The Morgan fingerprint density at radius 3 is 2.21 bits per heavy atom. The lowest BCUT2D eigenvalue weighted by Crippen LogP contribution is -2.14. The van der Waals surface area contributed by atoms with Gasteiger partial charge < -0.3 is 5.32 Å². The van der Waals surface area contributed by atoms with Gasteiger partial charge in [-0.2, -0.15) is 0 Å². The lowest BCUT2D eigenvalue weighted by atomic mass is 10.2. The summed E-state index contributed by atoms with van der Waals surface area (Å²) in [6.07, 6.45) is 1.07. The number of sulfonamides is 1. The molecule has 0 bridgehead atoms. The second-order valence-corrected chi connectivity index (χ2v) is 7.85. The van der Waals surface area contributed by atoms with E-state index in [4.69, 9.17) is 0 Å². The maximum atomic E-state index is 12.8. The topological polar surface area (TPSA) is 75.3 Å². The first kappa shape index (κ1) is 18.3. The van der Waals surface area contributed by atoms with Gasteiger partial charge in [0.1, 0.15) is 5.82 Å². The molecule has 0 unspecified atom stereocenters. The van der Waals surface area contributed by atoms with Crippen LogP contribution in [-0.4, -0.2) is 26.3 Å². The second kappa shape index (κ2) is 8.16. The Balaban J connectivity index is 1.78. The molecule has 0 saturated carbocycles. The molecule has 2 aromatic carbocycles. The average molecular weight is 368 g/mol. The van der Waals surface area contributed by atoms with Gasteiger partial charge in [-0.05, 0) is 42.0 Å². The second-order valence-electron chi connectivity index (χ2n) is 5.12. The summed E-state index contributed by atoms with van der Waals surface area (Å²) in [7, 11) is -3.32. The average Bonchev–Trinajstić information content (AvgIpc) is 2.50. The summed E-state index contributed by atoms with van der Waals surface area (Å²) >= 11 is 1.42. The van der Waals surface area contributed by atoms with E-state index in [1.807, 2.05) is 0 Å². The Morgan fingerprint density at radius 1 is 1.04 bits per heavy atom. The molecule has 0 aliphatic heterocycles. The first-order valence-corrected chi connectivity index (χ1v) is 10.1. The van der Waals surface area contributed by atoms with E-state index in [2.05, 4.69) is 10.0 Å². The highest BCUT2D eigenvalue weighted by atomic mass is 32.2. The number of carbonyl (C=O) groups is 1. The molecule has 24 heavy (non-hydrogen) atoms. The van der Waals surface area contributed by atoms with Gasteiger partial charge in [-0.25, -0.2) is 12.8 Å². The van der Waals surface area contributed by atoms with Crippen LogP contribution in [0.4, 0.5) is 15.8 Å². The summed E-state index contributed by atoms with van der Waals surface area (Å²) in [5, 5.41) is 2.73. The van der Waals surface area contributed by atoms with Gasteiger partial charge in [0.15, 0.2) is 0 Å². The monoisotopic (exact) mass is 368 g/mol. The van der Waals surface area contributed by atoms with Gasteiger partial charge in [0.2, 0.25) is 15.9 Å². The number of anilines is 2. The number of hydrogen-bond acceptors (Lipinski definition) is 4. The molecule has 0 fully saturated rings. The molecule has 2 rings (SSSR count). The number of thioether (sulfide) groups is 1. The standard InChI is InChI=1S/C16H17FN2O3S2/c1-24(21,22)19-15-8-6-14(7-9-15)18-16(20)11-23-10-12-2-4-13(17)5-3-12/h2-9,19H,10-11H2,1H3,(H,18,20). The zero-order valence-corrected chi connectivity index (χ0v) is 14.6. The van der Waals surface area contributed by atoms with Crippen molar-refractivity contribution in [3.05, 3.63) is 59.9 Å². The van der Waals surface area contributed by atoms with Crippen LogP contribution in [0.15, 0.2) is 48.5 Å². The van der Waals surface area contributed by atoms with E-state index in [1.165, 1.54) is 23.9 Å². The van der Waals surface area contributed by atoms with Crippen molar-refractivity contribution in [2.75, 3.05) is 22.0 Å². The molecule has 5 nitrogen and oxygen atoms in total. The molecule has 0 radical (unpaired) electrons. The minimum Gasteiger partial charge on any atom is -0.325 e. The van der Waals surface area contributed by atoms with Crippen molar-refractivity contribution in [3.63, 3.8) is 0 Å². The Bertz CT molecular complexity index is 791. The zero-order valence-electron chi connectivity index (χ0n) is 13.0. The Labute approximate surface area is 144 Å². The van der Waals surface area contributed by atoms with E-state index >= 15 is 0 Å². The van der Waals surface area contributed by atoms with Gasteiger partial charge in [0.05, 0.1) is 12.0 Å². The number of carbonyl (C=O) groups excluding carboxylic acids is 1. The van der Waals surface area contributed by atoms with Gasteiger partial charge in [0.25, 0.3) is 0 Å². The van der Waals surface area contributed by atoms with E-state index in [1.54, 1.807) is 36.4 Å². The fraction of sp³-hybridized carbons (Fsp3) is 0.188. The maximum absolute atomic E-state index is 12.8. The number of rotatable bonds is 7. The molecule has 128 valence electrons. The summed E-state index contributed by atoms with van der Waals surface area (Å²) in [5.74, 6) is 0.437. The Hall–Kier alpha value is -2.06. The molecule has 2 N–H and O–H groups in total. The third-order valence-corrected chi connectivity index (χ3v) is 4.50. The van der Waals surface area contributed by atoms with E-state index in [0.29, 0.717) is 17.1 Å². The minimum absolute atomic E-state index is 0.161. The van der Waals surface area contributed by atoms with Crippen LogP contribution in [0.5, 0.6) is 0 Å². The van der Waals surface area contributed by atoms with Crippen LogP contribution < -0.4 is 10.0 Å². The quantitative estimate of drug-likeness (QED) is 0.788. The Kier molecular flexibility index (Phi) is 6.22. The van der Waals surface area contributed by atoms with Crippen molar-refractivity contribution >= 4 is 39.1 Å². The molecule has 0 saturated heterocycles. The molecule has 2 aromatic rings. The molecule has 0 heterocycles. The van der Waals surface area contributed by atoms with Crippen molar-refractivity contribution < 1.29 is 17.6 Å². The normalized spacial score (nSPS) is 11.1. The van der Waals surface area contributed by atoms with E-state index in [-0.39, 0.29) is 17.5 Å². The number of amides is 1. The predicted octanol–water partition coefficient (Wildman–Crippen LogP) is 3.07. The fourth-order valence-electron chi connectivity index (χ4n) is 1.87. The summed E-state index contributed by atoms with van der Waals surface area (Å²) in [4.78, 5) is 11.9. The van der Waals surface area contributed by atoms with Gasteiger partial charge in [0, 0.05) is 17.1 Å². The third-order valence-electron chi connectivity index (χ3n) is 2.89. The maximum Gasteiger partial charge on any atom is 0.234 e. The predicted molar refractivity (Wildman–Crippen MR) is 96.1 cm³/mol. The van der Waals surface area contributed by atoms with Crippen LogP contribution in [0.1, 0.15) is 5.56 Å². The highest BCUT2D eigenvalue weighted by Gasteiger charge is 2.05. The van der Waals surface area contributed by atoms with Crippen molar-refractivity contribution in [1.29, 1.82) is 0 Å². The lowest BCUT2D eigenvalue weighted by molar-refractivity contribution is -0.113. The van der Waals surface area contributed by atoms with Crippen molar-refractivity contribution in [2.24, 2.45) is 0 Å². The van der Waals surface area contributed by atoms with Crippen molar-refractivity contribution in [2.45, 2.75) is 5.75 Å². The largest absolute Gasteiger partial charge is 0.325 e. The van der Waals surface area contributed by atoms with E-state index in [0.717, 1.165) is 11.8 Å². The van der Waals surface area contributed by atoms with Crippen molar-refractivity contribution in [1.82, 2.24) is 0 Å². The summed E-state index contributed by atoms with van der Waals surface area (Å²) in [5.41, 5.74) is 1.97. The third kappa shape index (κ3) is 6.59. The highest BCUT2D eigenvalue weighted by molar-refractivity contribution is 7.99. The van der Waals surface area contributed by atoms with Crippen LogP contribution >= 0.6 is 11.8 Å². The molecular formula is C16H17FN2O3S2.